The molecule has 0 saturated carbocycles. The third kappa shape index (κ3) is 19.9. The van der Waals surface area contributed by atoms with Crippen molar-refractivity contribution < 1.29 is 0 Å². The molecule has 0 aromatic carbocycles. The summed E-state index contributed by atoms with van der Waals surface area (Å²) in [6.07, 6.45) is 35.2. The number of rotatable bonds is 25. The SMILES string of the molecule is CCCCCCCCC(CCCCCCC)C(CCCCCC)CCCCCCC. The quantitative estimate of drug-likeness (QED) is 0.128. The minimum Gasteiger partial charge on any atom is -0.0654 e. The monoisotopic (exact) mass is 422 g/mol. The van der Waals surface area contributed by atoms with Gasteiger partial charge in [-0.2, -0.15) is 0 Å². The molecule has 0 amide bonds. The Labute approximate surface area is 193 Å². The molecule has 0 N–H and O–H groups in total. The van der Waals surface area contributed by atoms with E-state index in [0.717, 1.165) is 11.8 Å². The molecule has 0 rings (SSSR count). The first-order chi connectivity index (χ1) is 14.8. The van der Waals surface area contributed by atoms with Crippen LogP contribution in [0.2, 0.25) is 0 Å². The summed E-state index contributed by atoms with van der Waals surface area (Å²) in [5.74, 6) is 2.07. The van der Waals surface area contributed by atoms with Crippen LogP contribution < -0.4 is 0 Å². The molecule has 0 aromatic heterocycles. The topological polar surface area (TPSA) is 0 Å². The molecule has 0 aliphatic rings. The average molecular weight is 423 g/mol. The lowest BCUT2D eigenvalue weighted by molar-refractivity contribution is 0.236. The van der Waals surface area contributed by atoms with Gasteiger partial charge in [-0.25, -0.2) is 0 Å². The Bertz CT molecular complexity index is 294. The Kier molecular flexibility index (Phi) is 25.3. The maximum absolute atomic E-state index is 2.35. The zero-order chi connectivity index (χ0) is 22.1. The van der Waals surface area contributed by atoms with Crippen molar-refractivity contribution in [1.82, 2.24) is 0 Å². The van der Waals surface area contributed by atoms with Crippen LogP contribution in [-0.2, 0) is 0 Å². The molecular weight excluding hydrogens is 360 g/mol. The van der Waals surface area contributed by atoms with Gasteiger partial charge < -0.3 is 0 Å². The van der Waals surface area contributed by atoms with Crippen molar-refractivity contribution in [3.05, 3.63) is 0 Å². The lowest BCUT2D eigenvalue weighted by atomic mass is 9.78. The van der Waals surface area contributed by atoms with E-state index in [2.05, 4.69) is 27.7 Å². The van der Waals surface area contributed by atoms with E-state index in [4.69, 9.17) is 0 Å². The van der Waals surface area contributed by atoms with E-state index in [-0.39, 0.29) is 0 Å². The summed E-state index contributed by atoms with van der Waals surface area (Å²) in [5, 5.41) is 0. The van der Waals surface area contributed by atoms with Crippen molar-refractivity contribution in [3.63, 3.8) is 0 Å². The Morgan fingerprint density at radius 2 is 0.467 bits per heavy atom. The normalized spacial score (nSPS) is 13.6. The van der Waals surface area contributed by atoms with Gasteiger partial charge in [0.05, 0.1) is 0 Å². The summed E-state index contributed by atoms with van der Waals surface area (Å²) in [4.78, 5) is 0. The van der Waals surface area contributed by atoms with Gasteiger partial charge in [-0.3, -0.25) is 0 Å². The van der Waals surface area contributed by atoms with Crippen LogP contribution in [0.5, 0.6) is 0 Å². The van der Waals surface area contributed by atoms with E-state index in [1.165, 1.54) is 154 Å². The molecule has 0 heterocycles. The van der Waals surface area contributed by atoms with Crippen LogP contribution in [0.4, 0.5) is 0 Å². The fraction of sp³-hybridized carbons (Fsp3) is 1.00. The molecule has 0 aliphatic carbocycles. The Balaban J connectivity index is 4.57. The number of hydrogen-bond acceptors (Lipinski definition) is 0. The molecule has 30 heavy (non-hydrogen) atoms. The maximum atomic E-state index is 2.35. The summed E-state index contributed by atoms with van der Waals surface area (Å²) in [7, 11) is 0. The molecule has 0 saturated heterocycles. The largest absolute Gasteiger partial charge is 0.0654 e. The fourth-order valence-corrected chi connectivity index (χ4v) is 5.27. The highest BCUT2D eigenvalue weighted by molar-refractivity contribution is 4.72. The van der Waals surface area contributed by atoms with E-state index in [9.17, 15) is 0 Å². The van der Waals surface area contributed by atoms with Gasteiger partial charge in [0.2, 0.25) is 0 Å². The molecule has 182 valence electrons. The Hall–Kier alpha value is 0. The summed E-state index contributed by atoms with van der Waals surface area (Å²) in [5.41, 5.74) is 0. The number of unbranched alkanes of at least 4 members (excludes halogenated alkanes) is 16. The van der Waals surface area contributed by atoms with Crippen LogP contribution in [0.15, 0.2) is 0 Å². The number of hydrogen-bond donors (Lipinski definition) is 0. The van der Waals surface area contributed by atoms with E-state index in [1.54, 1.807) is 0 Å². The van der Waals surface area contributed by atoms with Crippen LogP contribution in [0.1, 0.15) is 182 Å². The predicted octanol–water partition coefficient (Wildman–Crippen LogP) is 11.7. The van der Waals surface area contributed by atoms with Crippen LogP contribution in [0.3, 0.4) is 0 Å². The molecule has 2 atom stereocenters. The smallest absolute Gasteiger partial charge is 0.0386 e. The van der Waals surface area contributed by atoms with Gasteiger partial charge in [0, 0.05) is 0 Å². The van der Waals surface area contributed by atoms with Crippen molar-refractivity contribution in [3.8, 4) is 0 Å². The molecular formula is C30H62. The minimum absolute atomic E-state index is 1.03. The van der Waals surface area contributed by atoms with Crippen LogP contribution in [0.25, 0.3) is 0 Å². The third-order valence-electron chi connectivity index (χ3n) is 7.38. The highest BCUT2D eigenvalue weighted by Crippen LogP contribution is 2.33. The van der Waals surface area contributed by atoms with Gasteiger partial charge in [0.1, 0.15) is 0 Å². The summed E-state index contributed by atoms with van der Waals surface area (Å²) in [6, 6.07) is 0. The summed E-state index contributed by atoms with van der Waals surface area (Å²) in [6.45, 7) is 9.36. The first-order valence-electron chi connectivity index (χ1n) is 14.8. The second-order valence-electron chi connectivity index (χ2n) is 10.3. The molecule has 0 bridgehead atoms. The minimum atomic E-state index is 1.03. The van der Waals surface area contributed by atoms with E-state index >= 15 is 0 Å². The van der Waals surface area contributed by atoms with Crippen LogP contribution in [-0.4, -0.2) is 0 Å². The van der Waals surface area contributed by atoms with Gasteiger partial charge in [0.15, 0.2) is 0 Å². The summed E-state index contributed by atoms with van der Waals surface area (Å²) >= 11 is 0. The van der Waals surface area contributed by atoms with Crippen molar-refractivity contribution in [2.75, 3.05) is 0 Å². The maximum Gasteiger partial charge on any atom is -0.0386 e. The lowest BCUT2D eigenvalue weighted by Gasteiger charge is -2.28. The standard InChI is InChI=1S/C30H62/c1-5-9-13-17-20-24-28-30(27-23-19-15-11-7-3)29(25-21-16-12-8-4)26-22-18-14-10-6-2/h29-30H,5-28H2,1-4H3. The molecule has 0 aliphatic heterocycles. The molecule has 0 aromatic rings. The van der Waals surface area contributed by atoms with E-state index in [1.807, 2.05) is 0 Å². The Morgan fingerprint density at radius 1 is 0.267 bits per heavy atom. The van der Waals surface area contributed by atoms with Gasteiger partial charge in [-0.1, -0.05) is 182 Å². The van der Waals surface area contributed by atoms with E-state index < -0.39 is 0 Å². The summed E-state index contributed by atoms with van der Waals surface area (Å²) < 4.78 is 0. The average Bonchev–Trinajstić information content (AvgIpc) is 2.76. The molecule has 0 fully saturated rings. The third-order valence-corrected chi connectivity index (χ3v) is 7.38. The predicted molar refractivity (Wildman–Crippen MR) is 140 cm³/mol. The fourth-order valence-electron chi connectivity index (χ4n) is 5.27. The molecule has 0 nitrogen and oxygen atoms in total. The Morgan fingerprint density at radius 3 is 0.733 bits per heavy atom. The zero-order valence-corrected chi connectivity index (χ0v) is 22.1. The highest BCUT2D eigenvalue weighted by Gasteiger charge is 2.20. The van der Waals surface area contributed by atoms with E-state index in [0.29, 0.717) is 0 Å². The van der Waals surface area contributed by atoms with Crippen molar-refractivity contribution in [2.45, 2.75) is 182 Å². The highest BCUT2D eigenvalue weighted by atomic mass is 14.3. The molecule has 2 unspecified atom stereocenters. The van der Waals surface area contributed by atoms with Crippen molar-refractivity contribution in [2.24, 2.45) is 11.8 Å². The molecule has 0 radical (unpaired) electrons. The van der Waals surface area contributed by atoms with Gasteiger partial charge in [0.25, 0.3) is 0 Å². The van der Waals surface area contributed by atoms with Gasteiger partial charge in [-0.15, -0.1) is 0 Å². The second kappa shape index (κ2) is 25.3. The van der Waals surface area contributed by atoms with Crippen LogP contribution >= 0.6 is 0 Å². The second-order valence-corrected chi connectivity index (χ2v) is 10.3. The van der Waals surface area contributed by atoms with Crippen LogP contribution in [0, 0.1) is 11.8 Å². The lowest BCUT2D eigenvalue weighted by Crippen LogP contribution is -2.16. The van der Waals surface area contributed by atoms with Crippen molar-refractivity contribution >= 4 is 0 Å². The first kappa shape index (κ1) is 30.0. The first-order valence-corrected chi connectivity index (χ1v) is 14.8. The van der Waals surface area contributed by atoms with Gasteiger partial charge >= 0.3 is 0 Å². The van der Waals surface area contributed by atoms with Crippen molar-refractivity contribution in [1.29, 1.82) is 0 Å². The van der Waals surface area contributed by atoms with Gasteiger partial charge in [-0.05, 0) is 11.8 Å². The zero-order valence-electron chi connectivity index (χ0n) is 22.1. The molecule has 0 heteroatoms. The molecule has 0 spiro atoms.